The van der Waals surface area contributed by atoms with E-state index in [-0.39, 0.29) is 23.7 Å². The maximum absolute atomic E-state index is 15.0. The first-order valence-corrected chi connectivity index (χ1v) is 11.7. The normalized spacial score (nSPS) is 18.8. The monoisotopic (exact) mass is 482 g/mol. The molecule has 0 spiro atoms. The van der Waals surface area contributed by atoms with Crippen LogP contribution in [0.4, 0.5) is 17.6 Å². The maximum atomic E-state index is 15.0. The van der Waals surface area contributed by atoms with Crippen LogP contribution in [0.1, 0.15) is 49.7 Å². The highest BCUT2D eigenvalue weighted by atomic mass is 19.2. The standard InChI is InChI=1S/C30H30F4O/c1-5-21-9-13-23(14-10-21)25-17-18-26(30(34)29(25)33)24-15-11-22(12-16-24)8-7-19(3)27(31)28(32)20(4)35-6-2/h5,7-8,11-12,15-18,21,23H,1,3-4,6,9-10,13-14H2,2H3/b8-7+,28-27-. The van der Waals surface area contributed by atoms with Crippen molar-refractivity contribution < 1.29 is 22.3 Å². The summed E-state index contributed by atoms with van der Waals surface area (Å²) in [5.74, 6) is -3.94. The molecular formula is C30H30F4O. The molecule has 1 aliphatic carbocycles. The first-order chi connectivity index (χ1) is 16.8. The van der Waals surface area contributed by atoms with Gasteiger partial charge in [-0.05, 0) is 61.1 Å². The molecule has 3 rings (SSSR count). The Hall–Kier alpha value is -3.34. The molecule has 184 valence electrons. The number of halogens is 4. The van der Waals surface area contributed by atoms with Crippen LogP contribution in [0.15, 0.2) is 91.3 Å². The molecule has 0 aromatic heterocycles. The minimum atomic E-state index is -1.20. The van der Waals surface area contributed by atoms with Crippen molar-refractivity contribution in [2.24, 2.45) is 5.92 Å². The largest absolute Gasteiger partial charge is 0.491 e. The number of allylic oxidation sites excluding steroid dienone is 5. The van der Waals surface area contributed by atoms with E-state index in [2.05, 4.69) is 19.7 Å². The molecule has 0 bridgehead atoms. The highest BCUT2D eigenvalue weighted by molar-refractivity contribution is 5.67. The molecule has 2 aromatic rings. The molecule has 1 nitrogen and oxygen atoms in total. The van der Waals surface area contributed by atoms with E-state index in [1.165, 1.54) is 6.08 Å². The molecule has 1 saturated carbocycles. The van der Waals surface area contributed by atoms with Gasteiger partial charge in [-0.2, -0.15) is 4.39 Å². The van der Waals surface area contributed by atoms with Gasteiger partial charge in [0, 0.05) is 11.1 Å². The highest BCUT2D eigenvalue weighted by Gasteiger charge is 2.25. The number of benzene rings is 2. The molecule has 2 aromatic carbocycles. The zero-order chi connectivity index (χ0) is 25.5. The fourth-order valence-corrected chi connectivity index (χ4v) is 4.31. The molecular weight excluding hydrogens is 452 g/mol. The second-order valence-electron chi connectivity index (χ2n) is 8.64. The smallest absolute Gasteiger partial charge is 0.200 e. The Kier molecular flexibility index (Phi) is 8.91. The van der Waals surface area contributed by atoms with Crippen LogP contribution in [0.2, 0.25) is 0 Å². The molecule has 1 aliphatic rings. The van der Waals surface area contributed by atoms with E-state index in [1.807, 2.05) is 6.08 Å². The SMILES string of the molecule is C=CC1CCC(c2ccc(-c3ccc(/C=C/C(=C)/C(F)=C(/F)C(=C)OCC)cc3)c(F)c2F)CC1. The molecule has 0 saturated heterocycles. The Morgan fingerprint density at radius 1 is 0.943 bits per heavy atom. The summed E-state index contributed by atoms with van der Waals surface area (Å²) in [6, 6.07) is 9.96. The third kappa shape index (κ3) is 6.21. The summed E-state index contributed by atoms with van der Waals surface area (Å²) in [4.78, 5) is 0. The minimum Gasteiger partial charge on any atom is -0.491 e. The number of ether oxygens (including phenoxy) is 1. The molecule has 5 heteroatoms. The molecule has 0 radical (unpaired) electrons. The zero-order valence-corrected chi connectivity index (χ0v) is 19.9. The van der Waals surface area contributed by atoms with Gasteiger partial charge >= 0.3 is 0 Å². The van der Waals surface area contributed by atoms with Crippen LogP contribution < -0.4 is 0 Å². The van der Waals surface area contributed by atoms with Crippen LogP contribution in [0.3, 0.4) is 0 Å². The topological polar surface area (TPSA) is 9.23 Å². The lowest BCUT2D eigenvalue weighted by Gasteiger charge is -2.27. The van der Waals surface area contributed by atoms with Gasteiger partial charge in [0.15, 0.2) is 23.2 Å². The lowest BCUT2D eigenvalue weighted by Crippen LogP contribution is -2.13. The summed E-state index contributed by atoms with van der Waals surface area (Å²) in [7, 11) is 0. The van der Waals surface area contributed by atoms with Gasteiger partial charge in [-0.25, -0.2) is 13.2 Å². The average Bonchev–Trinajstić information content (AvgIpc) is 2.88. The molecule has 0 aliphatic heterocycles. The summed E-state index contributed by atoms with van der Waals surface area (Å²) in [5.41, 5.74) is 1.60. The van der Waals surface area contributed by atoms with Gasteiger partial charge in [0.1, 0.15) is 0 Å². The minimum absolute atomic E-state index is 0.0142. The third-order valence-electron chi connectivity index (χ3n) is 6.39. The molecule has 0 heterocycles. The predicted octanol–water partition coefficient (Wildman–Crippen LogP) is 9.36. The number of hydrogen-bond acceptors (Lipinski definition) is 1. The van der Waals surface area contributed by atoms with E-state index in [0.29, 0.717) is 22.6 Å². The van der Waals surface area contributed by atoms with E-state index in [1.54, 1.807) is 49.4 Å². The second kappa shape index (κ2) is 11.9. The van der Waals surface area contributed by atoms with Crippen LogP contribution in [0, 0.1) is 17.6 Å². The van der Waals surface area contributed by atoms with E-state index in [9.17, 15) is 17.6 Å². The van der Waals surface area contributed by atoms with Gasteiger partial charge in [0.2, 0.25) is 5.83 Å². The van der Waals surface area contributed by atoms with Crippen LogP contribution >= 0.6 is 0 Å². The molecule has 0 atom stereocenters. The van der Waals surface area contributed by atoms with Crippen LogP contribution in [-0.2, 0) is 4.74 Å². The molecule has 0 amide bonds. The van der Waals surface area contributed by atoms with Gasteiger partial charge in [-0.3, -0.25) is 0 Å². The lowest BCUT2D eigenvalue weighted by atomic mass is 9.78. The zero-order valence-electron chi connectivity index (χ0n) is 19.9. The summed E-state index contributed by atoms with van der Waals surface area (Å²) >= 11 is 0. The van der Waals surface area contributed by atoms with Crippen LogP contribution in [-0.4, -0.2) is 6.61 Å². The van der Waals surface area contributed by atoms with Crippen molar-refractivity contribution >= 4 is 6.08 Å². The summed E-state index contributed by atoms with van der Waals surface area (Å²) < 4.78 is 62.9. The van der Waals surface area contributed by atoms with E-state index < -0.39 is 29.0 Å². The van der Waals surface area contributed by atoms with Crippen molar-refractivity contribution in [3.8, 4) is 11.1 Å². The number of rotatable bonds is 9. The van der Waals surface area contributed by atoms with Crippen molar-refractivity contribution in [2.75, 3.05) is 6.61 Å². The molecule has 0 N–H and O–H groups in total. The van der Waals surface area contributed by atoms with Crippen LogP contribution in [0.25, 0.3) is 17.2 Å². The maximum Gasteiger partial charge on any atom is 0.200 e. The Bertz CT molecular complexity index is 1150. The molecule has 1 fully saturated rings. The molecule has 35 heavy (non-hydrogen) atoms. The summed E-state index contributed by atoms with van der Waals surface area (Å²) in [6.45, 7) is 12.5. The Morgan fingerprint density at radius 2 is 1.60 bits per heavy atom. The summed E-state index contributed by atoms with van der Waals surface area (Å²) in [5, 5.41) is 0. The van der Waals surface area contributed by atoms with Crippen molar-refractivity contribution in [3.63, 3.8) is 0 Å². The second-order valence-corrected chi connectivity index (χ2v) is 8.64. The Labute approximate surface area is 204 Å². The van der Waals surface area contributed by atoms with Crippen LogP contribution in [0.5, 0.6) is 0 Å². The van der Waals surface area contributed by atoms with Gasteiger partial charge in [0.25, 0.3) is 0 Å². The van der Waals surface area contributed by atoms with Crippen molar-refractivity contribution in [1.82, 2.24) is 0 Å². The van der Waals surface area contributed by atoms with Gasteiger partial charge in [-0.15, -0.1) is 6.58 Å². The first-order valence-electron chi connectivity index (χ1n) is 11.7. The fraction of sp³-hybridized carbons (Fsp3) is 0.267. The lowest BCUT2D eigenvalue weighted by molar-refractivity contribution is 0.224. The fourth-order valence-electron chi connectivity index (χ4n) is 4.31. The quantitative estimate of drug-likeness (QED) is 0.150. The van der Waals surface area contributed by atoms with E-state index in [0.717, 1.165) is 25.7 Å². The Morgan fingerprint density at radius 3 is 2.20 bits per heavy atom. The number of hydrogen-bond donors (Lipinski definition) is 0. The van der Waals surface area contributed by atoms with Gasteiger partial charge in [-0.1, -0.05) is 67.8 Å². The third-order valence-corrected chi connectivity index (χ3v) is 6.39. The van der Waals surface area contributed by atoms with E-state index in [4.69, 9.17) is 4.74 Å². The van der Waals surface area contributed by atoms with Crippen molar-refractivity contribution in [1.29, 1.82) is 0 Å². The summed E-state index contributed by atoms with van der Waals surface area (Å²) in [6.07, 6.45) is 8.31. The highest BCUT2D eigenvalue weighted by Crippen LogP contribution is 2.39. The van der Waals surface area contributed by atoms with Gasteiger partial charge < -0.3 is 4.74 Å². The average molecular weight is 483 g/mol. The predicted molar refractivity (Wildman–Crippen MR) is 135 cm³/mol. The van der Waals surface area contributed by atoms with Crippen molar-refractivity contribution in [2.45, 2.75) is 38.5 Å². The molecule has 0 unspecified atom stereocenters. The van der Waals surface area contributed by atoms with Gasteiger partial charge in [0.05, 0.1) is 6.61 Å². The first kappa shape index (κ1) is 26.3. The Balaban J connectivity index is 1.73. The van der Waals surface area contributed by atoms with Crippen molar-refractivity contribution in [3.05, 3.63) is 114 Å². The van der Waals surface area contributed by atoms with E-state index >= 15 is 0 Å².